The Kier molecular flexibility index (Phi) is 11.0. The van der Waals surface area contributed by atoms with Gasteiger partial charge in [0.2, 0.25) is 0 Å². The number of aryl methyl sites for hydroxylation is 1. The molecule has 1 aliphatic heterocycles. The summed E-state index contributed by atoms with van der Waals surface area (Å²) in [5, 5.41) is 20.7. The lowest BCUT2D eigenvalue weighted by molar-refractivity contribution is -0.136. The monoisotopic (exact) mass is 699 g/mol. The van der Waals surface area contributed by atoms with Gasteiger partial charge in [0.25, 0.3) is 0 Å². The van der Waals surface area contributed by atoms with Gasteiger partial charge < -0.3 is 34.5 Å². The number of carbonyl (C=O) groups is 2. The molecule has 0 spiro atoms. The van der Waals surface area contributed by atoms with Crippen molar-refractivity contribution in [3.05, 3.63) is 137 Å². The third-order valence-electron chi connectivity index (χ3n) is 8.54. The van der Waals surface area contributed by atoms with Crippen molar-refractivity contribution in [2.45, 2.75) is 33.0 Å². The Balaban J connectivity index is 1.24. The molecule has 2 amide bonds. The largest absolute Gasteiger partial charge is 0.490 e. The van der Waals surface area contributed by atoms with Crippen LogP contribution >= 0.6 is 0 Å². The standard InChI is InChI=1S/C41H41N5O6/c1-5-51-35-23-30(38-37(40(48)50-4)27(3)43-41(49)44-38)18-21-34(35)52-25-36(47)45-42-24-31-22-33(28-12-8-6-9-13-28)46(32-19-16-26(2)17-20-32)39(31)29-14-10-7-11-15-29/h6-24,36,38,45,47H,5,25H2,1-4H3,(H2,43,44,49)/b42-24+/t36-,38+/m1/s1. The van der Waals surface area contributed by atoms with E-state index in [0.29, 0.717) is 29.4 Å². The van der Waals surface area contributed by atoms with E-state index in [1.807, 2.05) is 43.3 Å². The van der Waals surface area contributed by atoms with E-state index in [1.165, 1.54) is 12.7 Å². The minimum atomic E-state index is -1.17. The van der Waals surface area contributed by atoms with Crippen molar-refractivity contribution in [3.8, 4) is 39.7 Å². The lowest BCUT2D eigenvalue weighted by Gasteiger charge is -2.28. The lowest BCUT2D eigenvalue weighted by Crippen LogP contribution is -2.45. The maximum Gasteiger partial charge on any atom is 0.337 e. The second-order valence-corrected chi connectivity index (χ2v) is 12.2. The molecule has 0 fully saturated rings. The molecule has 52 heavy (non-hydrogen) atoms. The molecule has 4 N–H and O–H groups in total. The topological polar surface area (TPSA) is 135 Å². The van der Waals surface area contributed by atoms with Crippen molar-refractivity contribution in [2.75, 3.05) is 20.3 Å². The Morgan fingerprint density at radius 1 is 0.923 bits per heavy atom. The molecule has 11 nitrogen and oxygen atoms in total. The molecule has 0 aliphatic carbocycles. The highest BCUT2D eigenvalue weighted by atomic mass is 16.5. The molecule has 6 rings (SSSR count). The third kappa shape index (κ3) is 7.85. The second kappa shape index (κ2) is 16.1. The number of allylic oxidation sites excluding steroid dienone is 1. The van der Waals surface area contributed by atoms with E-state index in [2.05, 4.69) is 87.2 Å². The zero-order chi connectivity index (χ0) is 36.6. The number of aliphatic hydroxyl groups excluding tert-OH is 1. The molecule has 0 radical (unpaired) electrons. The smallest absolute Gasteiger partial charge is 0.337 e. The molecule has 0 saturated heterocycles. The first-order chi connectivity index (χ1) is 25.3. The molecule has 2 atom stereocenters. The van der Waals surface area contributed by atoms with Gasteiger partial charge in [0, 0.05) is 16.9 Å². The van der Waals surface area contributed by atoms with E-state index in [1.54, 1.807) is 31.3 Å². The average Bonchev–Trinajstić information content (AvgIpc) is 3.54. The molecule has 0 saturated carbocycles. The number of amides is 2. The Bertz CT molecular complexity index is 2090. The number of benzene rings is 4. The minimum absolute atomic E-state index is 0.154. The van der Waals surface area contributed by atoms with Gasteiger partial charge in [0.1, 0.15) is 6.61 Å². The minimum Gasteiger partial charge on any atom is -0.490 e. The number of carbonyl (C=O) groups excluding carboxylic acids is 2. The van der Waals surface area contributed by atoms with E-state index >= 15 is 0 Å². The van der Waals surface area contributed by atoms with Crippen molar-refractivity contribution < 1.29 is 28.9 Å². The molecule has 5 aromatic rings. The number of aliphatic hydroxyl groups is 1. The quantitative estimate of drug-likeness (QED) is 0.0469. The van der Waals surface area contributed by atoms with Gasteiger partial charge >= 0.3 is 12.0 Å². The highest BCUT2D eigenvalue weighted by Gasteiger charge is 2.32. The molecular formula is C41H41N5O6. The van der Waals surface area contributed by atoms with Gasteiger partial charge in [-0.1, -0.05) is 84.4 Å². The van der Waals surface area contributed by atoms with Crippen LogP contribution in [0.5, 0.6) is 11.5 Å². The van der Waals surface area contributed by atoms with Crippen LogP contribution < -0.4 is 25.5 Å². The van der Waals surface area contributed by atoms with Crippen LogP contribution in [0.3, 0.4) is 0 Å². The molecule has 1 aliphatic rings. The van der Waals surface area contributed by atoms with E-state index in [4.69, 9.17) is 14.2 Å². The van der Waals surface area contributed by atoms with E-state index in [-0.39, 0.29) is 12.2 Å². The highest BCUT2D eigenvalue weighted by molar-refractivity contribution is 5.95. The van der Waals surface area contributed by atoms with Gasteiger partial charge in [0.15, 0.2) is 17.7 Å². The third-order valence-corrected chi connectivity index (χ3v) is 8.54. The number of nitrogens with one attached hydrogen (secondary N) is 3. The van der Waals surface area contributed by atoms with Crippen molar-refractivity contribution in [3.63, 3.8) is 0 Å². The van der Waals surface area contributed by atoms with Crippen LogP contribution in [0, 0.1) is 6.92 Å². The van der Waals surface area contributed by atoms with Crippen LogP contribution in [0.25, 0.3) is 28.2 Å². The summed E-state index contributed by atoms with van der Waals surface area (Å²) < 4.78 is 19.0. The molecular weight excluding hydrogens is 658 g/mol. The van der Waals surface area contributed by atoms with Gasteiger partial charge in [-0.15, -0.1) is 0 Å². The molecule has 11 heteroatoms. The number of hydrogen-bond acceptors (Lipinski definition) is 8. The Hall–Kier alpha value is -6.33. The molecule has 4 aromatic carbocycles. The number of methoxy groups -OCH3 is 1. The predicted octanol–water partition coefficient (Wildman–Crippen LogP) is 6.64. The first kappa shape index (κ1) is 35.5. The number of nitrogens with zero attached hydrogens (tertiary/aromatic N) is 2. The summed E-state index contributed by atoms with van der Waals surface area (Å²) in [4.78, 5) is 24.9. The highest BCUT2D eigenvalue weighted by Crippen LogP contribution is 2.37. The SMILES string of the molecule is CCOc1cc([C@@H]2NC(=O)NC(C)=C2C(=O)OC)ccc1OC[C@@H](O)N/N=C/c1cc(-c2ccccc2)n(-c2ccc(C)cc2)c1-c1ccccc1. The van der Waals surface area contributed by atoms with Crippen LogP contribution in [0.15, 0.2) is 126 Å². The molecule has 0 bridgehead atoms. The van der Waals surface area contributed by atoms with Gasteiger partial charge in [-0.25, -0.2) is 9.59 Å². The van der Waals surface area contributed by atoms with Crippen molar-refractivity contribution in [2.24, 2.45) is 5.10 Å². The first-order valence-electron chi connectivity index (χ1n) is 16.9. The molecule has 266 valence electrons. The fraction of sp³-hybridized carbons (Fsp3) is 0.195. The summed E-state index contributed by atoms with van der Waals surface area (Å²) in [6, 6.07) is 34.7. The number of urea groups is 1. The zero-order valence-corrected chi connectivity index (χ0v) is 29.4. The lowest BCUT2D eigenvalue weighted by atomic mass is 9.95. The van der Waals surface area contributed by atoms with Crippen molar-refractivity contribution in [1.29, 1.82) is 0 Å². The maximum absolute atomic E-state index is 12.6. The van der Waals surface area contributed by atoms with Crippen LogP contribution in [0.1, 0.15) is 36.6 Å². The summed E-state index contributed by atoms with van der Waals surface area (Å²) in [7, 11) is 1.29. The maximum atomic E-state index is 12.6. The van der Waals surface area contributed by atoms with Crippen LogP contribution in [-0.2, 0) is 9.53 Å². The molecule has 2 heterocycles. The van der Waals surface area contributed by atoms with E-state index < -0.39 is 24.3 Å². The number of aromatic nitrogens is 1. The Morgan fingerprint density at radius 2 is 1.62 bits per heavy atom. The number of esters is 1. The van der Waals surface area contributed by atoms with Gasteiger partial charge in [-0.05, 0) is 67.8 Å². The van der Waals surface area contributed by atoms with Gasteiger partial charge in [-0.3, -0.25) is 5.43 Å². The number of hydrogen-bond donors (Lipinski definition) is 4. The number of rotatable bonds is 13. The fourth-order valence-electron chi connectivity index (χ4n) is 6.12. The number of hydrazone groups is 1. The average molecular weight is 700 g/mol. The van der Waals surface area contributed by atoms with Crippen LogP contribution in [0.2, 0.25) is 0 Å². The Morgan fingerprint density at radius 3 is 2.29 bits per heavy atom. The fourth-order valence-corrected chi connectivity index (χ4v) is 6.12. The summed E-state index contributed by atoms with van der Waals surface area (Å²) in [5.74, 6) is 0.177. The zero-order valence-electron chi connectivity index (χ0n) is 29.4. The first-order valence-corrected chi connectivity index (χ1v) is 16.9. The summed E-state index contributed by atoms with van der Waals surface area (Å²) in [5.41, 5.74) is 11.1. The molecule has 0 unspecified atom stereocenters. The summed E-state index contributed by atoms with van der Waals surface area (Å²) in [6.07, 6.45) is 0.531. The van der Waals surface area contributed by atoms with Crippen LogP contribution in [-0.4, -0.2) is 54.4 Å². The van der Waals surface area contributed by atoms with E-state index in [9.17, 15) is 14.7 Å². The summed E-state index contributed by atoms with van der Waals surface area (Å²) in [6.45, 7) is 5.71. The van der Waals surface area contributed by atoms with E-state index in [0.717, 1.165) is 33.8 Å². The summed E-state index contributed by atoms with van der Waals surface area (Å²) >= 11 is 0. The van der Waals surface area contributed by atoms with Crippen molar-refractivity contribution in [1.82, 2.24) is 20.6 Å². The van der Waals surface area contributed by atoms with Crippen LogP contribution in [0.4, 0.5) is 4.79 Å². The van der Waals surface area contributed by atoms with Gasteiger partial charge in [0.05, 0.1) is 42.9 Å². The van der Waals surface area contributed by atoms with Crippen molar-refractivity contribution >= 4 is 18.2 Å². The number of ether oxygens (including phenoxy) is 3. The normalized spacial score (nSPS) is 14.8. The van der Waals surface area contributed by atoms with Gasteiger partial charge in [-0.2, -0.15) is 5.10 Å². The predicted molar refractivity (Wildman–Crippen MR) is 200 cm³/mol. The Labute approximate surface area is 302 Å². The molecule has 1 aromatic heterocycles. The second-order valence-electron chi connectivity index (χ2n) is 12.2.